The largest absolute Gasteiger partial charge is 0.453 e. The number of para-hydroxylation sites is 1. The van der Waals surface area contributed by atoms with Crippen molar-refractivity contribution in [3.8, 4) is 0 Å². The highest BCUT2D eigenvalue weighted by molar-refractivity contribution is 9.58. The third kappa shape index (κ3) is 2.68. The summed E-state index contributed by atoms with van der Waals surface area (Å²) in [6.07, 6.45) is 4.10. The van der Waals surface area contributed by atoms with E-state index in [-0.39, 0.29) is 5.78 Å². The maximum absolute atomic E-state index is 11.9. The molecule has 2 aromatic rings. The molecular weight excluding hydrogens is 288 g/mol. The Morgan fingerprint density at radius 3 is 2.69 bits per heavy atom. The maximum atomic E-state index is 11.9. The summed E-state index contributed by atoms with van der Waals surface area (Å²) in [5.41, 5.74) is 0.772. The highest BCUT2D eigenvalue weighted by Crippen LogP contribution is 2.48. The topological polar surface area (TPSA) is 30.2 Å². The molecule has 0 saturated heterocycles. The van der Waals surface area contributed by atoms with Crippen LogP contribution in [-0.4, -0.2) is 24.0 Å². The molecule has 16 heavy (non-hydrogen) atoms. The van der Waals surface area contributed by atoms with Crippen LogP contribution in [0.25, 0.3) is 11.0 Å². The zero-order valence-corrected chi connectivity index (χ0v) is 11.6. The molecule has 0 unspecified atom stereocenters. The van der Waals surface area contributed by atoms with Crippen molar-refractivity contribution in [3.63, 3.8) is 0 Å². The molecule has 0 radical (unpaired) electrons. The summed E-state index contributed by atoms with van der Waals surface area (Å²) in [7, 11) is -1.01. The first-order chi connectivity index (χ1) is 7.46. The van der Waals surface area contributed by atoms with Crippen molar-refractivity contribution in [1.29, 1.82) is 0 Å². The highest BCUT2D eigenvalue weighted by Gasteiger charge is 2.18. The second-order valence-corrected chi connectivity index (χ2v) is 12.5. The van der Waals surface area contributed by atoms with Gasteiger partial charge in [0, 0.05) is 5.39 Å². The zero-order chi connectivity index (χ0) is 11.8. The van der Waals surface area contributed by atoms with Gasteiger partial charge in [-0.05, 0) is 39.5 Å². The van der Waals surface area contributed by atoms with Crippen molar-refractivity contribution >= 4 is 40.0 Å². The Morgan fingerprint density at radius 1 is 1.38 bits per heavy atom. The van der Waals surface area contributed by atoms with Gasteiger partial charge in [-0.2, -0.15) is 8.46 Å². The van der Waals surface area contributed by atoms with Gasteiger partial charge >= 0.3 is 0 Å². The van der Waals surface area contributed by atoms with Crippen LogP contribution >= 0.6 is 23.3 Å². The molecule has 0 fully saturated rings. The number of Topliss-reactive ketones (excluding diaryl/α,β-unsaturated/α-hetero) is 1. The summed E-state index contributed by atoms with van der Waals surface area (Å²) in [4.78, 5) is 11.9. The number of furan rings is 1. The summed E-state index contributed by atoms with van der Waals surface area (Å²) in [6.45, 7) is 0. The smallest absolute Gasteiger partial charge is 0.207 e. The highest BCUT2D eigenvalue weighted by atomic mass is 79.9. The average Bonchev–Trinajstić information content (AvgIpc) is 2.58. The van der Waals surface area contributed by atoms with E-state index in [1.54, 1.807) is 0 Å². The SMILES string of the molecule is CS(C)(Br)CC(=O)c1cc2ccccc2o1. The summed E-state index contributed by atoms with van der Waals surface area (Å²) >= 11 is 3.54. The quantitative estimate of drug-likeness (QED) is 0.802. The lowest BCUT2D eigenvalue weighted by Gasteiger charge is -2.19. The third-order valence-corrected chi connectivity index (χ3v) is 3.81. The minimum atomic E-state index is -1.01. The van der Waals surface area contributed by atoms with Crippen molar-refractivity contribution in [2.75, 3.05) is 18.3 Å². The van der Waals surface area contributed by atoms with Crippen LogP contribution in [0.3, 0.4) is 0 Å². The van der Waals surface area contributed by atoms with Crippen LogP contribution in [-0.2, 0) is 0 Å². The van der Waals surface area contributed by atoms with Crippen molar-refractivity contribution in [2.45, 2.75) is 0 Å². The Hall–Kier alpha value is -0.740. The first kappa shape index (κ1) is 11.7. The molecule has 1 aromatic carbocycles. The van der Waals surface area contributed by atoms with Gasteiger partial charge in [0.05, 0.1) is 5.75 Å². The predicted octanol–water partition coefficient (Wildman–Crippen LogP) is 3.99. The number of fused-ring (bicyclic) bond motifs is 1. The fourth-order valence-corrected chi connectivity index (χ4v) is 2.89. The molecule has 0 aliphatic heterocycles. The Labute approximate surface area is 104 Å². The van der Waals surface area contributed by atoms with E-state index < -0.39 is 8.46 Å². The monoisotopic (exact) mass is 300 g/mol. The molecule has 4 heteroatoms. The Balaban J connectivity index is 2.30. The number of hydrogen-bond donors (Lipinski definition) is 0. The lowest BCUT2D eigenvalue weighted by molar-refractivity contribution is 0.0994. The summed E-state index contributed by atoms with van der Waals surface area (Å²) in [5.74, 6) is 1.03. The van der Waals surface area contributed by atoms with Crippen LogP contribution in [0.4, 0.5) is 0 Å². The number of ketones is 1. The van der Waals surface area contributed by atoms with Gasteiger partial charge < -0.3 is 4.42 Å². The third-order valence-electron chi connectivity index (χ3n) is 2.17. The maximum Gasteiger partial charge on any atom is 0.207 e. The molecule has 0 bridgehead atoms. The first-order valence-electron chi connectivity index (χ1n) is 4.88. The summed E-state index contributed by atoms with van der Waals surface area (Å²) < 4.78 is 5.52. The van der Waals surface area contributed by atoms with Crippen LogP contribution in [0.2, 0.25) is 0 Å². The number of hydrogen-bond acceptors (Lipinski definition) is 2. The van der Waals surface area contributed by atoms with E-state index >= 15 is 0 Å². The van der Waals surface area contributed by atoms with E-state index in [1.807, 2.05) is 42.8 Å². The van der Waals surface area contributed by atoms with Crippen molar-refractivity contribution in [2.24, 2.45) is 0 Å². The second-order valence-electron chi connectivity index (χ2n) is 4.12. The zero-order valence-electron chi connectivity index (χ0n) is 9.20. The molecule has 1 aromatic heterocycles. The fraction of sp³-hybridized carbons (Fsp3) is 0.250. The van der Waals surface area contributed by atoms with E-state index in [0.29, 0.717) is 11.5 Å². The summed E-state index contributed by atoms with van der Waals surface area (Å²) in [6, 6.07) is 9.47. The minimum Gasteiger partial charge on any atom is -0.453 e. The number of halogens is 1. The van der Waals surface area contributed by atoms with Gasteiger partial charge in [0.1, 0.15) is 5.58 Å². The second kappa shape index (κ2) is 4.26. The lowest BCUT2D eigenvalue weighted by atomic mass is 10.2. The van der Waals surface area contributed by atoms with E-state index in [0.717, 1.165) is 11.0 Å². The number of rotatable bonds is 3. The van der Waals surface area contributed by atoms with Crippen molar-refractivity contribution < 1.29 is 9.21 Å². The van der Waals surface area contributed by atoms with Gasteiger partial charge in [-0.3, -0.25) is 4.79 Å². The lowest BCUT2D eigenvalue weighted by Crippen LogP contribution is -2.07. The predicted molar refractivity (Wildman–Crippen MR) is 73.8 cm³/mol. The average molecular weight is 301 g/mol. The number of carbonyl (C=O) groups is 1. The van der Waals surface area contributed by atoms with Crippen LogP contribution in [0.15, 0.2) is 34.7 Å². The standard InChI is InChI=1S/C12H13BrO2S/c1-16(2,13)8-10(14)12-7-9-5-3-4-6-11(9)15-12/h3-7H,8H2,1-2H3. The van der Waals surface area contributed by atoms with Gasteiger partial charge in [-0.15, -0.1) is 0 Å². The van der Waals surface area contributed by atoms with Crippen LogP contribution < -0.4 is 0 Å². The molecule has 0 aliphatic rings. The van der Waals surface area contributed by atoms with E-state index in [1.165, 1.54) is 0 Å². The molecule has 2 nitrogen and oxygen atoms in total. The minimum absolute atomic E-state index is 0.0630. The summed E-state index contributed by atoms with van der Waals surface area (Å²) in [5, 5.41) is 0.980. The van der Waals surface area contributed by atoms with Crippen molar-refractivity contribution in [1.82, 2.24) is 0 Å². The Bertz CT molecular complexity index is 492. The van der Waals surface area contributed by atoms with Gasteiger partial charge in [0.15, 0.2) is 5.76 Å². The van der Waals surface area contributed by atoms with Gasteiger partial charge in [-0.25, -0.2) is 0 Å². The Kier molecular flexibility index (Phi) is 3.13. The number of benzene rings is 1. The van der Waals surface area contributed by atoms with Crippen molar-refractivity contribution in [3.05, 3.63) is 36.1 Å². The van der Waals surface area contributed by atoms with Crippen LogP contribution in [0.1, 0.15) is 10.6 Å². The molecule has 1 heterocycles. The normalized spacial score (nSPS) is 12.9. The van der Waals surface area contributed by atoms with E-state index in [9.17, 15) is 4.79 Å². The first-order valence-corrected chi connectivity index (χ1v) is 9.34. The molecule has 0 atom stereocenters. The molecule has 0 aliphatic carbocycles. The molecule has 0 N–H and O–H groups in total. The van der Waals surface area contributed by atoms with Gasteiger partial charge in [-0.1, -0.05) is 18.2 Å². The van der Waals surface area contributed by atoms with Gasteiger partial charge in [0.25, 0.3) is 0 Å². The van der Waals surface area contributed by atoms with Gasteiger partial charge in [0.2, 0.25) is 5.78 Å². The molecule has 86 valence electrons. The van der Waals surface area contributed by atoms with Crippen LogP contribution in [0.5, 0.6) is 0 Å². The molecular formula is C12H13BrO2S. The van der Waals surface area contributed by atoms with E-state index in [4.69, 9.17) is 4.42 Å². The Morgan fingerprint density at radius 2 is 2.06 bits per heavy atom. The number of carbonyl (C=O) groups excluding carboxylic acids is 1. The molecule has 2 rings (SSSR count). The molecule has 0 spiro atoms. The van der Waals surface area contributed by atoms with Crippen LogP contribution in [0, 0.1) is 0 Å². The molecule has 0 amide bonds. The molecule has 0 saturated carbocycles. The van der Waals surface area contributed by atoms with E-state index in [2.05, 4.69) is 14.8 Å². The fourth-order valence-electron chi connectivity index (χ4n) is 1.50.